The predicted molar refractivity (Wildman–Crippen MR) is 192 cm³/mol. The molecule has 0 bridgehead atoms. The second kappa shape index (κ2) is 13.9. The zero-order chi connectivity index (χ0) is 32.7. The Balaban J connectivity index is 0.00000401. The van der Waals surface area contributed by atoms with Gasteiger partial charge in [0.2, 0.25) is 0 Å². The van der Waals surface area contributed by atoms with Crippen LogP contribution in [0.25, 0.3) is 44.4 Å². The van der Waals surface area contributed by atoms with Gasteiger partial charge in [-0.2, -0.15) is 16.7 Å². The predicted octanol–water partition coefficient (Wildman–Crippen LogP) is 10.4. The van der Waals surface area contributed by atoms with Crippen molar-refractivity contribution in [2.45, 2.75) is 54.4 Å². The van der Waals surface area contributed by atoms with Gasteiger partial charge in [-0.3, -0.25) is 4.68 Å². The van der Waals surface area contributed by atoms with E-state index in [-0.39, 0.29) is 21.1 Å². The summed E-state index contributed by atoms with van der Waals surface area (Å²) >= 11 is 0. The van der Waals surface area contributed by atoms with Crippen LogP contribution in [0.5, 0.6) is 11.5 Å². The van der Waals surface area contributed by atoms with Gasteiger partial charge in [0.15, 0.2) is 0 Å². The molecule has 0 fully saturated rings. The van der Waals surface area contributed by atoms with Crippen molar-refractivity contribution in [2.24, 2.45) is 11.8 Å². The molecule has 244 valence electrons. The average Bonchev–Trinajstić information content (AvgIpc) is 3.63. The second-order valence-corrected chi connectivity index (χ2v) is 13.5. The van der Waals surface area contributed by atoms with Gasteiger partial charge in [0.1, 0.15) is 5.82 Å². The Bertz CT molecular complexity index is 2200. The van der Waals surface area contributed by atoms with Crippen molar-refractivity contribution in [3.8, 4) is 34.1 Å². The zero-order valence-electron chi connectivity index (χ0n) is 28.3. The number of pyridine rings is 1. The topological polar surface area (TPSA) is 44.9 Å². The van der Waals surface area contributed by atoms with E-state index in [1.165, 1.54) is 16.7 Å². The quantitative estimate of drug-likeness (QED) is 0.136. The molecule has 3 aromatic heterocycles. The van der Waals surface area contributed by atoms with Crippen molar-refractivity contribution in [3.05, 3.63) is 132 Å². The van der Waals surface area contributed by atoms with Crippen LogP contribution in [0.3, 0.4) is 0 Å². The number of aromatic nitrogens is 4. The van der Waals surface area contributed by atoms with E-state index in [1.54, 1.807) is 0 Å². The van der Waals surface area contributed by atoms with E-state index in [4.69, 9.17) is 14.8 Å². The van der Waals surface area contributed by atoms with Gasteiger partial charge in [0.05, 0.1) is 6.20 Å². The van der Waals surface area contributed by atoms with E-state index < -0.39 is 0 Å². The fourth-order valence-corrected chi connectivity index (χ4v) is 6.60. The minimum Gasteiger partial charge on any atom is -0.509 e. The van der Waals surface area contributed by atoms with Crippen molar-refractivity contribution >= 4 is 21.8 Å². The molecule has 5 nitrogen and oxygen atoms in total. The third kappa shape index (κ3) is 6.75. The Morgan fingerprint density at radius 2 is 1.50 bits per heavy atom. The molecule has 0 amide bonds. The molecule has 3 heterocycles. The third-order valence-electron chi connectivity index (χ3n) is 8.49. The van der Waals surface area contributed by atoms with Crippen LogP contribution in [0.15, 0.2) is 97.5 Å². The summed E-state index contributed by atoms with van der Waals surface area (Å²) in [6, 6.07) is 34.4. The molecule has 6 heteroatoms. The Labute approximate surface area is 297 Å². The van der Waals surface area contributed by atoms with Crippen LogP contribution >= 0.6 is 0 Å². The number of benzene rings is 4. The smallest absolute Gasteiger partial charge is 0.509 e. The van der Waals surface area contributed by atoms with Crippen molar-refractivity contribution in [1.82, 2.24) is 19.3 Å². The molecule has 0 atom stereocenters. The number of nitrogens with zero attached hydrogens (tertiary/aromatic N) is 4. The summed E-state index contributed by atoms with van der Waals surface area (Å²) in [6.45, 7) is 13.3. The largest absolute Gasteiger partial charge is 2.00 e. The molecule has 7 aromatic rings. The molecular formula is C42H40N4OPt. The zero-order valence-corrected chi connectivity index (χ0v) is 30.6. The number of fused-ring (bicyclic) bond motifs is 3. The van der Waals surface area contributed by atoms with Crippen LogP contribution < -0.4 is 4.74 Å². The Kier molecular flexibility index (Phi) is 9.71. The van der Waals surface area contributed by atoms with Gasteiger partial charge in [0.25, 0.3) is 0 Å². The molecule has 0 N–H and O–H groups in total. The maximum atomic E-state index is 6.47. The summed E-state index contributed by atoms with van der Waals surface area (Å²) in [6.07, 6.45) is 8.02. The minimum atomic E-state index is 0. The first kappa shape index (κ1) is 33.4. The van der Waals surface area contributed by atoms with Gasteiger partial charge >= 0.3 is 21.1 Å². The van der Waals surface area contributed by atoms with Gasteiger partial charge < -0.3 is 9.30 Å². The number of ether oxygens (including phenoxy) is 1. The van der Waals surface area contributed by atoms with Crippen molar-refractivity contribution in [2.75, 3.05) is 0 Å². The first-order valence-electron chi connectivity index (χ1n) is 16.5. The second-order valence-electron chi connectivity index (χ2n) is 13.5. The maximum Gasteiger partial charge on any atom is 2.00 e. The summed E-state index contributed by atoms with van der Waals surface area (Å²) in [7, 11) is 0. The number of hydrogen-bond acceptors (Lipinski definition) is 3. The third-order valence-corrected chi connectivity index (χ3v) is 8.49. The average molecular weight is 812 g/mol. The van der Waals surface area contributed by atoms with Gasteiger partial charge in [-0.1, -0.05) is 76.5 Å². The van der Waals surface area contributed by atoms with Crippen molar-refractivity contribution in [1.29, 1.82) is 0 Å². The monoisotopic (exact) mass is 811 g/mol. The summed E-state index contributed by atoms with van der Waals surface area (Å²) in [5.74, 6) is 3.21. The summed E-state index contributed by atoms with van der Waals surface area (Å²) in [5, 5.41) is 7.07. The standard InChI is InChI=1S/C42H40N4O.Pt/c1-27(2)18-31-10-9-11-32(19-28(3)4)42(31)33-25-44-45(26-33)34-20-30(6)21-36(23-34)47-35-14-15-38-37-12-7-8-13-39(37)46(40(38)24-35)41-22-29(5)16-17-43-41;/h7-17,20-22,25-28H,18-19H2,1-6H3;/q-2;+2. The number of para-hydroxylation sites is 1. The van der Waals surface area contributed by atoms with Crippen LogP contribution in [0.2, 0.25) is 0 Å². The van der Waals surface area contributed by atoms with E-state index in [0.717, 1.165) is 62.8 Å². The SMILES string of the molecule is Cc1cc(Oc2[c-]c3c(cc2)c2ccccc2n3-c2cc(C)ccn2)[c-]c(-n2cc(-c3c(CC(C)C)cccc3CC(C)C)cn2)c1.[Pt+2]. The molecule has 0 saturated carbocycles. The molecular weight excluding hydrogens is 772 g/mol. The molecule has 0 radical (unpaired) electrons. The van der Waals surface area contributed by atoms with E-state index >= 15 is 0 Å². The van der Waals surface area contributed by atoms with E-state index in [1.807, 2.05) is 35.3 Å². The molecule has 0 saturated heterocycles. The fourth-order valence-electron chi connectivity index (χ4n) is 6.60. The maximum absolute atomic E-state index is 6.47. The molecule has 4 aromatic carbocycles. The van der Waals surface area contributed by atoms with E-state index in [0.29, 0.717) is 23.3 Å². The van der Waals surface area contributed by atoms with Gasteiger partial charge in [-0.25, -0.2) is 4.98 Å². The van der Waals surface area contributed by atoms with Crippen molar-refractivity contribution in [3.63, 3.8) is 0 Å². The summed E-state index contributed by atoms with van der Waals surface area (Å²) in [5.41, 5.74) is 10.2. The summed E-state index contributed by atoms with van der Waals surface area (Å²) < 4.78 is 10.5. The first-order chi connectivity index (χ1) is 22.7. The van der Waals surface area contributed by atoms with Crippen LogP contribution in [0.1, 0.15) is 49.9 Å². The minimum absolute atomic E-state index is 0. The summed E-state index contributed by atoms with van der Waals surface area (Å²) in [4.78, 5) is 4.70. The Morgan fingerprint density at radius 3 is 2.23 bits per heavy atom. The molecule has 0 unspecified atom stereocenters. The molecule has 7 rings (SSSR count). The number of hydrogen-bond donors (Lipinski definition) is 0. The molecule has 0 aliphatic rings. The fraction of sp³-hybridized carbons (Fsp3) is 0.238. The van der Waals surface area contributed by atoms with Crippen LogP contribution in [0.4, 0.5) is 0 Å². The molecule has 0 aliphatic heterocycles. The molecule has 0 aliphatic carbocycles. The van der Waals surface area contributed by atoms with Gasteiger partial charge in [-0.05, 0) is 83.1 Å². The molecule has 0 spiro atoms. The van der Waals surface area contributed by atoms with Gasteiger partial charge in [-0.15, -0.1) is 35.7 Å². The van der Waals surface area contributed by atoms with Crippen LogP contribution in [-0.4, -0.2) is 19.3 Å². The van der Waals surface area contributed by atoms with Crippen LogP contribution in [-0.2, 0) is 33.9 Å². The number of aryl methyl sites for hydroxylation is 2. The molecule has 48 heavy (non-hydrogen) atoms. The van der Waals surface area contributed by atoms with Crippen molar-refractivity contribution < 1.29 is 25.8 Å². The van der Waals surface area contributed by atoms with E-state index in [2.05, 4.69) is 125 Å². The normalized spacial score (nSPS) is 11.5. The van der Waals surface area contributed by atoms with E-state index in [9.17, 15) is 0 Å². The van der Waals surface area contributed by atoms with Crippen LogP contribution in [0, 0.1) is 37.8 Å². The van der Waals surface area contributed by atoms with Gasteiger partial charge in [0, 0.05) is 35.0 Å². The Hall–Kier alpha value is -4.47. The first-order valence-corrected chi connectivity index (χ1v) is 16.5. The number of rotatable bonds is 9. The Morgan fingerprint density at radius 1 is 0.750 bits per heavy atom.